The van der Waals surface area contributed by atoms with E-state index < -0.39 is 0 Å². The third-order valence-electron chi connectivity index (χ3n) is 3.21. The number of rotatable bonds is 5. The number of benzene rings is 2. The molecule has 0 unspecified atom stereocenters. The van der Waals surface area contributed by atoms with Gasteiger partial charge in [0.25, 0.3) is 0 Å². The van der Waals surface area contributed by atoms with Crippen LogP contribution < -0.4 is 19.9 Å². The fraction of sp³-hybridized carbons (Fsp3) is 0.188. The van der Waals surface area contributed by atoms with E-state index in [0.717, 1.165) is 0 Å². The molecule has 6 nitrogen and oxygen atoms in total. The summed E-state index contributed by atoms with van der Waals surface area (Å²) >= 11 is 0. The molecule has 0 fully saturated rings. The second-order valence-electron chi connectivity index (χ2n) is 4.51. The van der Waals surface area contributed by atoms with Crippen LogP contribution in [-0.2, 0) is 0 Å². The van der Waals surface area contributed by atoms with Crippen LogP contribution in [0.2, 0.25) is 0 Å². The third kappa shape index (κ3) is 2.76. The molecule has 6 heteroatoms. The number of methoxy groups -OCH3 is 3. The topological polar surface area (TPSA) is 91.0 Å². The Morgan fingerprint density at radius 3 is 2.05 bits per heavy atom. The normalized spacial score (nSPS) is 10.1. The number of anilines is 1. The first-order valence-corrected chi connectivity index (χ1v) is 6.45. The first-order chi connectivity index (χ1) is 10.5. The largest absolute Gasteiger partial charge is 0.508 e. The summed E-state index contributed by atoms with van der Waals surface area (Å²) in [5.41, 5.74) is 6.61. The van der Waals surface area contributed by atoms with Crippen molar-refractivity contribution in [2.24, 2.45) is 0 Å². The summed E-state index contributed by atoms with van der Waals surface area (Å²) in [5.74, 6) is 0.848. The summed E-state index contributed by atoms with van der Waals surface area (Å²) in [4.78, 5) is 12.6. The van der Waals surface area contributed by atoms with Gasteiger partial charge in [-0.25, -0.2) is 0 Å². The molecule has 0 aliphatic heterocycles. The first kappa shape index (κ1) is 15.5. The molecular weight excluding hydrogens is 286 g/mol. The molecule has 0 amide bonds. The molecule has 0 bridgehead atoms. The number of hydrogen-bond acceptors (Lipinski definition) is 6. The molecule has 116 valence electrons. The number of carbonyl (C=O) groups is 1. The Hall–Kier alpha value is -2.89. The van der Waals surface area contributed by atoms with Crippen molar-refractivity contribution in [1.29, 1.82) is 0 Å². The van der Waals surface area contributed by atoms with Crippen LogP contribution in [0.3, 0.4) is 0 Å². The van der Waals surface area contributed by atoms with Gasteiger partial charge in [-0.05, 0) is 24.3 Å². The lowest BCUT2D eigenvalue weighted by Gasteiger charge is -2.14. The number of aromatic hydroxyl groups is 1. The molecule has 0 spiro atoms. The van der Waals surface area contributed by atoms with Gasteiger partial charge in [0.05, 0.1) is 21.3 Å². The minimum absolute atomic E-state index is 0.000980. The average Bonchev–Trinajstić information content (AvgIpc) is 2.52. The minimum Gasteiger partial charge on any atom is -0.508 e. The van der Waals surface area contributed by atoms with Gasteiger partial charge in [0.1, 0.15) is 5.75 Å². The number of hydrogen-bond donors (Lipinski definition) is 2. The molecule has 2 aromatic carbocycles. The second kappa shape index (κ2) is 6.26. The van der Waals surface area contributed by atoms with Crippen molar-refractivity contribution < 1.29 is 24.1 Å². The number of nitrogens with two attached hydrogens (primary N) is 1. The maximum Gasteiger partial charge on any atom is 0.203 e. The summed E-state index contributed by atoms with van der Waals surface area (Å²) in [6.45, 7) is 0. The lowest BCUT2D eigenvalue weighted by Crippen LogP contribution is -2.06. The highest BCUT2D eigenvalue weighted by atomic mass is 16.5. The minimum atomic E-state index is -0.309. The molecule has 22 heavy (non-hydrogen) atoms. The van der Waals surface area contributed by atoms with Gasteiger partial charge in [0, 0.05) is 22.9 Å². The monoisotopic (exact) mass is 303 g/mol. The molecule has 2 aromatic rings. The highest BCUT2D eigenvalue weighted by molar-refractivity contribution is 6.12. The molecule has 0 aliphatic carbocycles. The molecule has 0 atom stereocenters. The lowest BCUT2D eigenvalue weighted by molar-refractivity contribution is 0.103. The van der Waals surface area contributed by atoms with Gasteiger partial charge in [0.15, 0.2) is 17.3 Å². The van der Waals surface area contributed by atoms with Gasteiger partial charge in [-0.15, -0.1) is 0 Å². The van der Waals surface area contributed by atoms with Crippen LogP contribution in [0.15, 0.2) is 30.3 Å². The van der Waals surface area contributed by atoms with Gasteiger partial charge in [-0.3, -0.25) is 4.79 Å². The summed E-state index contributed by atoms with van der Waals surface area (Å²) < 4.78 is 15.7. The van der Waals surface area contributed by atoms with Crippen molar-refractivity contribution in [2.75, 3.05) is 27.1 Å². The van der Waals surface area contributed by atoms with E-state index in [9.17, 15) is 9.90 Å². The van der Waals surface area contributed by atoms with Gasteiger partial charge in [0.2, 0.25) is 5.75 Å². The number of ketones is 1. The number of phenols is 1. The van der Waals surface area contributed by atoms with Crippen LogP contribution in [0, 0.1) is 0 Å². The molecule has 0 heterocycles. The van der Waals surface area contributed by atoms with Crippen LogP contribution in [0.5, 0.6) is 23.0 Å². The number of nitrogen functional groups attached to an aromatic ring is 1. The van der Waals surface area contributed by atoms with Crippen molar-refractivity contribution in [3.8, 4) is 23.0 Å². The molecule has 2 rings (SSSR count). The first-order valence-electron chi connectivity index (χ1n) is 6.45. The fourth-order valence-corrected chi connectivity index (χ4v) is 2.12. The second-order valence-corrected chi connectivity index (χ2v) is 4.51. The average molecular weight is 303 g/mol. The van der Waals surface area contributed by atoms with Crippen molar-refractivity contribution in [3.05, 3.63) is 41.5 Å². The van der Waals surface area contributed by atoms with Crippen molar-refractivity contribution in [1.82, 2.24) is 0 Å². The van der Waals surface area contributed by atoms with Gasteiger partial charge in [-0.2, -0.15) is 0 Å². The Bertz CT molecular complexity index is 687. The maximum absolute atomic E-state index is 12.6. The van der Waals surface area contributed by atoms with Crippen molar-refractivity contribution >= 4 is 11.5 Å². The molecular formula is C16H17NO5. The number of ether oxygens (including phenoxy) is 3. The van der Waals surface area contributed by atoms with E-state index in [-0.39, 0.29) is 22.8 Å². The molecule has 3 N–H and O–H groups in total. The lowest BCUT2D eigenvalue weighted by atomic mass is 10.0. The predicted octanol–water partition coefficient (Wildman–Crippen LogP) is 2.23. The maximum atomic E-state index is 12.6. The molecule has 0 radical (unpaired) electrons. The van der Waals surface area contributed by atoms with Crippen LogP contribution >= 0.6 is 0 Å². The number of phenolic OH excluding ortho intramolecular Hbond substituents is 1. The van der Waals surface area contributed by atoms with Gasteiger partial charge in [-0.1, -0.05) is 0 Å². The Labute approximate surface area is 128 Å². The zero-order valence-electron chi connectivity index (χ0n) is 12.5. The molecule has 0 saturated heterocycles. The van der Waals surface area contributed by atoms with E-state index in [2.05, 4.69) is 0 Å². The van der Waals surface area contributed by atoms with E-state index in [1.807, 2.05) is 0 Å². The number of carbonyl (C=O) groups excluding carboxylic acids is 1. The van der Waals surface area contributed by atoms with Crippen LogP contribution in [0.1, 0.15) is 15.9 Å². The predicted molar refractivity (Wildman–Crippen MR) is 82.0 cm³/mol. The van der Waals surface area contributed by atoms with E-state index >= 15 is 0 Å². The zero-order valence-corrected chi connectivity index (χ0v) is 12.5. The Kier molecular flexibility index (Phi) is 4.41. The third-order valence-corrected chi connectivity index (χ3v) is 3.21. The summed E-state index contributed by atoms with van der Waals surface area (Å²) in [6, 6.07) is 7.30. The Morgan fingerprint density at radius 1 is 1.00 bits per heavy atom. The highest BCUT2D eigenvalue weighted by Gasteiger charge is 2.19. The van der Waals surface area contributed by atoms with Crippen molar-refractivity contribution in [2.45, 2.75) is 0 Å². The van der Waals surface area contributed by atoms with Crippen LogP contribution in [-0.4, -0.2) is 32.2 Å². The fourth-order valence-electron chi connectivity index (χ4n) is 2.12. The summed E-state index contributed by atoms with van der Waals surface area (Å²) in [7, 11) is 4.43. The van der Waals surface area contributed by atoms with Gasteiger partial charge >= 0.3 is 0 Å². The SMILES string of the molecule is COc1cc(C(=O)c2ccc(O)cc2N)cc(OC)c1OC. The van der Waals surface area contributed by atoms with E-state index in [1.165, 1.54) is 39.5 Å². The zero-order chi connectivity index (χ0) is 16.3. The Morgan fingerprint density at radius 2 is 1.59 bits per heavy atom. The van der Waals surface area contributed by atoms with Crippen LogP contribution in [0.4, 0.5) is 5.69 Å². The summed E-state index contributed by atoms with van der Waals surface area (Å²) in [6.07, 6.45) is 0. The van der Waals surface area contributed by atoms with Crippen molar-refractivity contribution in [3.63, 3.8) is 0 Å². The summed E-state index contributed by atoms with van der Waals surface area (Å²) in [5, 5.41) is 9.37. The van der Waals surface area contributed by atoms with E-state index in [1.54, 1.807) is 12.1 Å². The van der Waals surface area contributed by atoms with Crippen LogP contribution in [0.25, 0.3) is 0 Å². The molecule has 0 aliphatic rings. The smallest absolute Gasteiger partial charge is 0.203 e. The standard InChI is InChI=1S/C16H17NO5/c1-20-13-6-9(7-14(21-2)16(13)22-3)15(19)11-5-4-10(18)8-12(11)17/h4-8,18H,17H2,1-3H3. The quantitative estimate of drug-likeness (QED) is 0.650. The van der Waals surface area contributed by atoms with E-state index in [4.69, 9.17) is 19.9 Å². The van der Waals surface area contributed by atoms with Gasteiger partial charge < -0.3 is 25.1 Å². The Balaban J connectivity index is 2.54. The molecule has 0 aromatic heterocycles. The highest BCUT2D eigenvalue weighted by Crippen LogP contribution is 2.39. The van der Waals surface area contributed by atoms with E-state index in [0.29, 0.717) is 22.8 Å². The molecule has 0 saturated carbocycles.